The normalized spacial score (nSPS) is 30.5. The van der Waals surface area contributed by atoms with Gasteiger partial charge in [-0.15, -0.1) is 0 Å². The molecule has 3 aliphatic carbocycles. The van der Waals surface area contributed by atoms with Crippen molar-refractivity contribution in [1.82, 2.24) is 4.98 Å². The Bertz CT molecular complexity index is 464. The first-order valence-electron chi connectivity index (χ1n) is 6.14. The molecular weight excluding hydrogens is 216 g/mol. The van der Waals surface area contributed by atoms with Gasteiger partial charge in [-0.2, -0.15) is 0 Å². The van der Waals surface area contributed by atoms with Gasteiger partial charge in [-0.25, -0.2) is 4.98 Å². The minimum absolute atomic E-state index is 0.0471. The molecule has 4 rings (SSSR count). The first-order chi connectivity index (χ1) is 8.22. The van der Waals surface area contributed by atoms with E-state index in [4.69, 9.17) is 4.42 Å². The van der Waals surface area contributed by atoms with Crippen molar-refractivity contribution >= 4 is 11.9 Å². The summed E-state index contributed by atoms with van der Waals surface area (Å²) >= 11 is 0. The maximum atomic E-state index is 12.1. The zero-order valence-corrected chi connectivity index (χ0v) is 9.85. The molecule has 0 unspecified atom stereocenters. The lowest BCUT2D eigenvalue weighted by atomic mass is 9.69. The van der Waals surface area contributed by atoms with Crippen LogP contribution in [-0.2, 0) is 4.79 Å². The highest BCUT2D eigenvalue weighted by atomic mass is 16.4. The van der Waals surface area contributed by atoms with Crippen LogP contribution >= 0.6 is 0 Å². The molecule has 4 heteroatoms. The van der Waals surface area contributed by atoms with Gasteiger partial charge in [0.1, 0.15) is 5.76 Å². The summed E-state index contributed by atoms with van der Waals surface area (Å²) < 4.78 is 5.26. The van der Waals surface area contributed by atoms with E-state index in [-0.39, 0.29) is 11.8 Å². The van der Waals surface area contributed by atoms with Gasteiger partial charge in [-0.3, -0.25) is 10.1 Å². The quantitative estimate of drug-likeness (QED) is 0.797. The molecule has 0 spiro atoms. The minimum Gasteiger partial charge on any atom is -0.429 e. The summed E-state index contributed by atoms with van der Waals surface area (Å²) in [5, 5.41) is 2.77. The lowest BCUT2D eigenvalue weighted by molar-refractivity contribution is -0.122. The number of amides is 1. The van der Waals surface area contributed by atoms with E-state index in [9.17, 15) is 4.79 Å². The highest BCUT2D eigenvalue weighted by Crippen LogP contribution is 2.40. The third-order valence-corrected chi connectivity index (χ3v) is 3.76. The average Bonchev–Trinajstić information content (AvgIpc) is 2.76. The van der Waals surface area contributed by atoms with Crippen LogP contribution in [0.5, 0.6) is 0 Å². The molecule has 90 valence electrons. The van der Waals surface area contributed by atoms with Crippen LogP contribution in [-0.4, -0.2) is 10.9 Å². The molecule has 4 nitrogen and oxygen atoms in total. The summed E-state index contributed by atoms with van der Waals surface area (Å²) in [4.78, 5) is 16.1. The van der Waals surface area contributed by atoms with Crippen LogP contribution in [0.4, 0.5) is 6.01 Å². The number of hydrogen-bond acceptors (Lipinski definition) is 3. The monoisotopic (exact) mass is 232 g/mol. The molecule has 3 atom stereocenters. The molecule has 1 saturated carbocycles. The van der Waals surface area contributed by atoms with E-state index in [0.29, 0.717) is 23.6 Å². The van der Waals surface area contributed by atoms with Crippen molar-refractivity contribution in [3.05, 3.63) is 24.1 Å². The number of nitrogens with one attached hydrogen (secondary N) is 1. The van der Waals surface area contributed by atoms with Gasteiger partial charge >= 0.3 is 6.01 Å². The smallest absolute Gasteiger partial charge is 0.301 e. The minimum atomic E-state index is 0.0471. The van der Waals surface area contributed by atoms with Crippen molar-refractivity contribution in [2.45, 2.75) is 26.2 Å². The molecule has 17 heavy (non-hydrogen) atoms. The van der Waals surface area contributed by atoms with Gasteiger partial charge in [-0.1, -0.05) is 12.2 Å². The molecule has 3 aliphatic rings. The van der Waals surface area contributed by atoms with E-state index < -0.39 is 0 Å². The largest absolute Gasteiger partial charge is 0.429 e. The summed E-state index contributed by atoms with van der Waals surface area (Å²) in [6, 6.07) is 0.318. The molecule has 1 fully saturated rings. The van der Waals surface area contributed by atoms with E-state index in [0.717, 1.165) is 12.8 Å². The SMILES string of the molecule is Cc1cnc(NC(=O)[C@@H]2C[C@@H]3C=C[C@H]2CC3)o1. The van der Waals surface area contributed by atoms with Crippen LogP contribution in [0.3, 0.4) is 0 Å². The maximum absolute atomic E-state index is 12.1. The van der Waals surface area contributed by atoms with Gasteiger partial charge in [0.05, 0.1) is 6.20 Å². The molecule has 0 radical (unpaired) electrons. The van der Waals surface area contributed by atoms with E-state index >= 15 is 0 Å². The van der Waals surface area contributed by atoms with Crippen molar-refractivity contribution in [2.24, 2.45) is 17.8 Å². The Morgan fingerprint density at radius 2 is 2.35 bits per heavy atom. The Labute approximate surface area is 100 Å². The predicted molar refractivity (Wildman–Crippen MR) is 63.3 cm³/mol. The predicted octanol–water partition coefficient (Wildman–Crippen LogP) is 2.52. The van der Waals surface area contributed by atoms with E-state index in [2.05, 4.69) is 22.5 Å². The van der Waals surface area contributed by atoms with Crippen molar-refractivity contribution in [1.29, 1.82) is 0 Å². The second-order valence-corrected chi connectivity index (χ2v) is 4.99. The Balaban J connectivity index is 1.69. The second kappa shape index (κ2) is 4.02. The summed E-state index contributed by atoms with van der Waals surface area (Å²) in [5.41, 5.74) is 0. The summed E-state index contributed by atoms with van der Waals surface area (Å²) in [5.74, 6) is 1.83. The molecule has 1 aromatic heterocycles. The van der Waals surface area contributed by atoms with Crippen LogP contribution in [0, 0.1) is 24.7 Å². The third-order valence-electron chi connectivity index (χ3n) is 3.76. The molecule has 1 amide bonds. The fraction of sp³-hybridized carbons (Fsp3) is 0.538. The second-order valence-electron chi connectivity index (χ2n) is 4.99. The number of rotatable bonds is 2. The first kappa shape index (κ1) is 10.6. The molecule has 1 N–H and O–H groups in total. The van der Waals surface area contributed by atoms with Crippen molar-refractivity contribution in [3.8, 4) is 0 Å². The molecule has 1 aromatic rings. The molecule has 1 heterocycles. The van der Waals surface area contributed by atoms with Gasteiger partial charge in [-0.05, 0) is 38.0 Å². The van der Waals surface area contributed by atoms with E-state index in [1.807, 2.05) is 6.92 Å². The van der Waals surface area contributed by atoms with Gasteiger partial charge < -0.3 is 4.42 Å². The standard InChI is InChI=1S/C13H16N2O2/c1-8-7-14-13(17-8)15-12(16)11-6-9-2-4-10(11)5-3-9/h2,4,7,9-11H,3,5-6H2,1H3,(H,14,15,16)/t9-,10+,11-/m1/s1. The number of aromatic nitrogens is 1. The number of carbonyl (C=O) groups is 1. The molecular formula is C13H16N2O2. The zero-order chi connectivity index (χ0) is 11.8. The zero-order valence-electron chi connectivity index (χ0n) is 9.85. The van der Waals surface area contributed by atoms with Crippen LogP contribution in [0.15, 0.2) is 22.8 Å². The highest BCUT2D eigenvalue weighted by molar-refractivity contribution is 5.91. The number of carbonyl (C=O) groups excluding carboxylic acids is 1. The summed E-state index contributed by atoms with van der Waals surface area (Å²) in [6.45, 7) is 1.81. The fourth-order valence-corrected chi connectivity index (χ4v) is 2.84. The number of anilines is 1. The van der Waals surface area contributed by atoms with Gasteiger partial charge in [0.25, 0.3) is 0 Å². The lowest BCUT2D eigenvalue weighted by Crippen LogP contribution is -2.36. The number of aryl methyl sites for hydroxylation is 1. The van der Waals surface area contributed by atoms with Crippen molar-refractivity contribution in [3.63, 3.8) is 0 Å². The molecule has 0 saturated heterocycles. The fourth-order valence-electron chi connectivity index (χ4n) is 2.84. The Morgan fingerprint density at radius 3 is 2.88 bits per heavy atom. The van der Waals surface area contributed by atoms with Gasteiger partial charge in [0.2, 0.25) is 5.91 Å². The summed E-state index contributed by atoms with van der Waals surface area (Å²) in [7, 11) is 0. The van der Waals surface area contributed by atoms with Crippen LogP contribution < -0.4 is 5.32 Å². The molecule has 0 aromatic carbocycles. The number of oxazole rings is 1. The van der Waals surface area contributed by atoms with Gasteiger partial charge in [0, 0.05) is 5.92 Å². The Kier molecular flexibility index (Phi) is 2.50. The van der Waals surface area contributed by atoms with Crippen LogP contribution in [0.2, 0.25) is 0 Å². The average molecular weight is 232 g/mol. The number of hydrogen-bond donors (Lipinski definition) is 1. The third kappa shape index (κ3) is 1.99. The van der Waals surface area contributed by atoms with Gasteiger partial charge in [0.15, 0.2) is 0 Å². The molecule has 0 aliphatic heterocycles. The number of fused-ring (bicyclic) bond motifs is 2. The topological polar surface area (TPSA) is 55.1 Å². The van der Waals surface area contributed by atoms with E-state index in [1.54, 1.807) is 6.20 Å². The van der Waals surface area contributed by atoms with Crippen LogP contribution in [0.25, 0.3) is 0 Å². The Morgan fingerprint density at radius 1 is 1.47 bits per heavy atom. The van der Waals surface area contributed by atoms with Crippen molar-refractivity contribution in [2.75, 3.05) is 5.32 Å². The highest BCUT2D eigenvalue weighted by Gasteiger charge is 2.36. The molecule has 2 bridgehead atoms. The maximum Gasteiger partial charge on any atom is 0.301 e. The number of allylic oxidation sites excluding steroid dienone is 2. The first-order valence-corrected chi connectivity index (χ1v) is 6.14. The van der Waals surface area contributed by atoms with Crippen molar-refractivity contribution < 1.29 is 9.21 Å². The lowest BCUT2D eigenvalue weighted by Gasteiger charge is -2.36. The van der Waals surface area contributed by atoms with Crippen LogP contribution in [0.1, 0.15) is 25.0 Å². The Hall–Kier alpha value is -1.58. The number of nitrogens with zero attached hydrogens (tertiary/aromatic N) is 1. The summed E-state index contributed by atoms with van der Waals surface area (Å²) in [6.07, 6.45) is 9.39. The van der Waals surface area contributed by atoms with E-state index in [1.165, 1.54) is 6.42 Å².